The van der Waals surface area contributed by atoms with E-state index in [4.69, 9.17) is 26.7 Å². The van der Waals surface area contributed by atoms with Gasteiger partial charge in [0.2, 0.25) is 5.96 Å². The van der Waals surface area contributed by atoms with E-state index in [1.54, 1.807) is 12.1 Å². The highest BCUT2D eigenvalue weighted by Crippen LogP contribution is 2.28. The third-order valence-electron chi connectivity index (χ3n) is 2.25. The van der Waals surface area contributed by atoms with Crippen molar-refractivity contribution in [3.8, 4) is 5.75 Å². The van der Waals surface area contributed by atoms with E-state index in [0.717, 1.165) is 0 Å². The van der Waals surface area contributed by atoms with Crippen LogP contribution in [0.15, 0.2) is 34.3 Å². The van der Waals surface area contributed by atoms with E-state index in [-0.39, 0.29) is 18.0 Å². The van der Waals surface area contributed by atoms with Crippen LogP contribution in [0.3, 0.4) is 0 Å². The molecule has 0 unspecified atom stereocenters. The lowest BCUT2D eigenvalue weighted by Gasteiger charge is -2.27. The van der Waals surface area contributed by atoms with Gasteiger partial charge in [0.05, 0.1) is 13.2 Å². The van der Waals surface area contributed by atoms with Crippen LogP contribution in [0.5, 0.6) is 5.75 Å². The molecular formula is C11H15N5O2. The second-order valence-electron chi connectivity index (χ2n) is 3.75. The minimum absolute atomic E-state index is 0.0177. The van der Waals surface area contributed by atoms with Crippen LogP contribution >= 0.6 is 0 Å². The summed E-state index contributed by atoms with van der Waals surface area (Å²) in [5, 5.41) is 0. The Balaban J connectivity index is 2.18. The number of para-hydroxylation sites is 2. The highest BCUT2D eigenvalue weighted by atomic mass is 16.6. The van der Waals surface area contributed by atoms with Crippen LogP contribution in [-0.4, -0.2) is 31.2 Å². The summed E-state index contributed by atoms with van der Waals surface area (Å²) in [5.41, 5.74) is 16.6. The van der Waals surface area contributed by atoms with Crippen LogP contribution in [0.1, 0.15) is 0 Å². The fourth-order valence-electron chi connectivity index (χ4n) is 1.39. The van der Waals surface area contributed by atoms with Gasteiger partial charge in [-0.2, -0.15) is 4.99 Å². The Morgan fingerprint density at radius 1 is 1.22 bits per heavy atom. The largest absolute Gasteiger partial charge is 0.483 e. The van der Waals surface area contributed by atoms with Crippen molar-refractivity contribution in [1.82, 2.24) is 0 Å². The number of hydrogen-bond acceptors (Lipinski definition) is 3. The highest BCUT2D eigenvalue weighted by Gasteiger charge is 2.21. The summed E-state index contributed by atoms with van der Waals surface area (Å²) in [6.07, 6.45) is 0.0608. The molecule has 1 aliphatic rings. The first-order chi connectivity index (χ1) is 8.65. The number of guanidine groups is 2. The maximum atomic E-state index is 5.69. The minimum Gasteiger partial charge on any atom is -0.483 e. The molecule has 1 aliphatic heterocycles. The Kier molecular flexibility index (Phi) is 3.63. The Labute approximate surface area is 104 Å². The van der Waals surface area contributed by atoms with Crippen LogP contribution in [0.25, 0.3) is 0 Å². The Bertz CT molecular complexity index is 478. The summed E-state index contributed by atoms with van der Waals surface area (Å²) in [7, 11) is 0. The fourth-order valence-corrected chi connectivity index (χ4v) is 1.39. The maximum absolute atomic E-state index is 5.69. The van der Waals surface area contributed by atoms with Crippen molar-refractivity contribution in [2.75, 3.05) is 13.2 Å². The number of nitrogens with two attached hydrogens (primary N) is 3. The van der Waals surface area contributed by atoms with Crippen LogP contribution in [0, 0.1) is 0 Å². The van der Waals surface area contributed by atoms with Crippen LogP contribution < -0.4 is 21.9 Å². The van der Waals surface area contributed by atoms with Crippen molar-refractivity contribution >= 4 is 17.6 Å². The van der Waals surface area contributed by atoms with Crippen molar-refractivity contribution < 1.29 is 9.47 Å². The predicted octanol–water partition coefficient (Wildman–Crippen LogP) is -0.316. The Morgan fingerprint density at radius 3 is 2.56 bits per heavy atom. The zero-order valence-corrected chi connectivity index (χ0v) is 9.74. The van der Waals surface area contributed by atoms with Gasteiger partial charge in [-0.25, -0.2) is 4.99 Å². The maximum Gasteiger partial charge on any atom is 0.223 e. The molecule has 0 aromatic heterocycles. The molecule has 1 saturated heterocycles. The lowest BCUT2D eigenvalue weighted by Crippen LogP contribution is -2.38. The number of rotatable bonds is 3. The van der Waals surface area contributed by atoms with E-state index in [2.05, 4.69) is 9.98 Å². The van der Waals surface area contributed by atoms with Gasteiger partial charge in [0.25, 0.3) is 0 Å². The predicted molar refractivity (Wildman–Crippen MR) is 68.8 cm³/mol. The average molecular weight is 249 g/mol. The van der Waals surface area contributed by atoms with Gasteiger partial charge in [-0.05, 0) is 12.1 Å². The molecule has 0 radical (unpaired) electrons. The van der Waals surface area contributed by atoms with Crippen molar-refractivity contribution in [3.05, 3.63) is 24.3 Å². The van der Waals surface area contributed by atoms with Gasteiger partial charge in [0.1, 0.15) is 17.5 Å². The van der Waals surface area contributed by atoms with E-state index in [1.165, 1.54) is 0 Å². The number of aliphatic imine (C=N–C) groups is 2. The molecule has 1 fully saturated rings. The molecule has 1 heterocycles. The number of nitrogens with zero attached hydrogens (tertiary/aromatic N) is 2. The standard InChI is InChI=1S/C11H15N5O2/c12-10(13)16-11(14)15-8-3-1-2-4-9(8)18-7-5-17-6-7/h1-4,7H,5-6H2,(H6,12,13,14,15,16). The molecule has 0 spiro atoms. The zero-order valence-electron chi connectivity index (χ0n) is 9.74. The van der Waals surface area contributed by atoms with Crippen LogP contribution in [0.2, 0.25) is 0 Å². The summed E-state index contributed by atoms with van der Waals surface area (Å²) in [4.78, 5) is 7.74. The molecule has 7 heteroatoms. The molecule has 0 bridgehead atoms. The van der Waals surface area contributed by atoms with Crippen LogP contribution in [0.4, 0.5) is 5.69 Å². The van der Waals surface area contributed by atoms with Gasteiger partial charge in [-0.15, -0.1) is 0 Å². The molecular weight excluding hydrogens is 234 g/mol. The van der Waals surface area contributed by atoms with Crippen molar-refractivity contribution in [3.63, 3.8) is 0 Å². The highest BCUT2D eigenvalue weighted by molar-refractivity contribution is 5.93. The number of hydrogen-bond donors (Lipinski definition) is 3. The third kappa shape index (κ3) is 3.11. The molecule has 2 rings (SSSR count). The molecule has 6 N–H and O–H groups in total. The van der Waals surface area contributed by atoms with Gasteiger partial charge < -0.3 is 26.7 Å². The topological polar surface area (TPSA) is 121 Å². The molecule has 18 heavy (non-hydrogen) atoms. The van der Waals surface area contributed by atoms with Gasteiger partial charge in [0.15, 0.2) is 5.96 Å². The summed E-state index contributed by atoms with van der Waals surface area (Å²) in [6.45, 7) is 1.17. The van der Waals surface area contributed by atoms with Crippen molar-refractivity contribution in [2.45, 2.75) is 6.10 Å². The first-order valence-corrected chi connectivity index (χ1v) is 5.42. The lowest BCUT2D eigenvalue weighted by atomic mass is 10.2. The first kappa shape index (κ1) is 12.2. The second-order valence-corrected chi connectivity index (χ2v) is 3.75. The molecule has 0 aliphatic carbocycles. The molecule has 0 saturated carbocycles. The van der Waals surface area contributed by atoms with Gasteiger partial charge >= 0.3 is 0 Å². The summed E-state index contributed by atoms with van der Waals surface area (Å²) in [5.74, 6) is 0.470. The first-order valence-electron chi connectivity index (χ1n) is 5.42. The number of ether oxygens (including phenoxy) is 2. The molecule has 96 valence electrons. The minimum atomic E-state index is -0.137. The fraction of sp³-hybridized carbons (Fsp3) is 0.273. The SMILES string of the molecule is NC(N)=NC(N)=Nc1ccccc1OC1COC1. The summed E-state index contributed by atoms with van der Waals surface area (Å²) < 4.78 is 10.7. The second kappa shape index (κ2) is 5.37. The third-order valence-corrected chi connectivity index (χ3v) is 2.25. The van der Waals surface area contributed by atoms with Crippen molar-refractivity contribution in [2.24, 2.45) is 27.2 Å². The van der Waals surface area contributed by atoms with E-state index >= 15 is 0 Å². The van der Waals surface area contributed by atoms with Crippen LogP contribution in [-0.2, 0) is 4.74 Å². The smallest absolute Gasteiger partial charge is 0.223 e. The quantitative estimate of drug-likeness (QED) is 0.501. The Morgan fingerprint density at radius 2 is 1.94 bits per heavy atom. The normalized spacial score (nSPS) is 15.9. The van der Waals surface area contributed by atoms with Gasteiger partial charge in [-0.3, -0.25) is 0 Å². The van der Waals surface area contributed by atoms with E-state index in [1.807, 2.05) is 12.1 Å². The van der Waals surface area contributed by atoms with E-state index in [9.17, 15) is 0 Å². The van der Waals surface area contributed by atoms with E-state index in [0.29, 0.717) is 24.7 Å². The summed E-state index contributed by atoms with van der Waals surface area (Å²) >= 11 is 0. The van der Waals surface area contributed by atoms with Gasteiger partial charge in [-0.1, -0.05) is 12.1 Å². The van der Waals surface area contributed by atoms with E-state index < -0.39 is 0 Å². The Hall–Kier alpha value is -2.28. The zero-order chi connectivity index (χ0) is 13.0. The summed E-state index contributed by atoms with van der Waals surface area (Å²) in [6, 6.07) is 7.25. The van der Waals surface area contributed by atoms with Crippen molar-refractivity contribution in [1.29, 1.82) is 0 Å². The lowest BCUT2D eigenvalue weighted by molar-refractivity contribution is -0.0794. The monoisotopic (exact) mass is 249 g/mol. The molecule has 1 aromatic rings. The average Bonchev–Trinajstić information content (AvgIpc) is 2.24. The molecule has 7 nitrogen and oxygen atoms in total. The molecule has 1 aromatic carbocycles. The number of benzene rings is 1. The molecule has 0 amide bonds. The van der Waals surface area contributed by atoms with Gasteiger partial charge in [0, 0.05) is 0 Å². The molecule has 0 atom stereocenters.